The fourth-order valence-electron chi connectivity index (χ4n) is 2.86. The Kier molecular flexibility index (Phi) is 4.60. The molecule has 2 aliphatic rings. The minimum absolute atomic E-state index is 0.0816. The maximum absolute atomic E-state index is 11.8. The molecule has 3 rings (SSSR count). The lowest BCUT2D eigenvalue weighted by molar-refractivity contribution is -0.121. The first-order valence-electron chi connectivity index (χ1n) is 7.70. The van der Waals surface area contributed by atoms with E-state index in [2.05, 4.69) is 10.6 Å². The summed E-state index contributed by atoms with van der Waals surface area (Å²) in [7, 11) is 0. The third kappa shape index (κ3) is 3.88. The Bertz CT molecular complexity index is 498. The van der Waals surface area contributed by atoms with Crippen LogP contribution in [-0.4, -0.2) is 25.3 Å². The standard InChI is InChI=1S/C16H22N2O3/c19-16(7-8-17-13-3-1-2-4-13)18-10-12-5-6-14-15(9-12)21-11-20-14/h5-6,9,13,17H,1-4,7-8,10-11H2,(H,18,19). The van der Waals surface area contributed by atoms with Crippen LogP contribution in [0.5, 0.6) is 11.5 Å². The maximum Gasteiger partial charge on any atom is 0.231 e. The summed E-state index contributed by atoms with van der Waals surface area (Å²) in [6.07, 6.45) is 5.65. The molecule has 5 heteroatoms. The lowest BCUT2D eigenvalue weighted by Crippen LogP contribution is -2.31. The molecule has 1 aromatic rings. The van der Waals surface area contributed by atoms with Crippen molar-refractivity contribution in [3.8, 4) is 11.5 Å². The molecule has 1 aliphatic carbocycles. The van der Waals surface area contributed by atoms with Gasteiger partial charge in [-0.3, -0.25) is 4.79 Å². The number of hydrogen-bond donors (Lipinski definition) is 2. The molecule has 2 N–H and O–H groups in total. The van der Waals surface area contributed by atoms with E-state index in [1.807, 2.05) is 18.2 Å². The molecule has 0 atom stereocenters. The quantitative estimate of drug-likeness (QED) is 0.841. The molecule has 1 fully saturated rings. The van der Waals surface area contributed by atoms with Gasteiger partial charge in [-0.1, -0.05) is 18.9 Å². The summed E-state index contributed by atoms with van der Waals surface area (Å²) in [5.41, 5.74) is 1.02. The molecule has 0 saturated heterocycles. The van der Waals surface area contributed by atoms with Crippen LogP contribution >= 0.6 is 0 Å². The Hall–Kier alpha value is -1.75. The molecular weight excluding hydrogens is 268 g/mol. The van der Waals surface area contributed by atoms with E-state index in [0.717, 1.165) is 23.6 Å². The molecule has 0 bridgehead atoms. The summed E-state index contributed by atoms with van der Waals surface area (Å²) in [5, 5.41) is 6.39. The molecule has 0 spiro atoms. The molecular formula is C16H22N2O3. The predicted molar refractivity (Wildman–Crippen MR) is 79.3 cm³/mol. The molecule has 1 aromatic carbocycles. The van der Waals surface area contributed by atoms with Crippen LogP contribution in [0.3, 0.4) is 0 Å². The highest BCUT2D eigenvalue weighted by atomic mass is 16.7. The van der Waals surface area contributed by atoms with E-state index in [4.69, 9.17) is 9.47 Å². The lowest BCUT2D eigenvalue weighted by atomic mass is 10.2. The van der Waals surface area contributed by atoms with E-state index >= 15 is 0 Å². The third-order valence-corrected chi connectivity index (χ3v) is 4.07. The van der Waals surface area contributed by atoms with Gasteiger partial charge >= 0.3 is 0 Å². The van der Waals surface area contributed by atoms with Crippen LogP contribution < -0.4 is 20.1 Å². The monoisotopic (exact) mass is 290 g/mol. The molecule has 0 aromatic heterocycles. The van der Waals surface area contributed by atoms with Crippen LogP contribution in [0.2, 0.25) is 0 Å². The van der Waals surface area contributed by atoms with E-state index in [0.29, 0.717) is 19.0 Å². The molecule has 114 valence electrons. The summed E-state index contributed by atoms with van der Waals surface area (Å²) < 4.78 is 10.6. The summed E-state index contributed by atoms with van der Waals surface area (Å²) in [6, 6.07) is 6.36. The number of carbonyl (C=O) groups excluding carboxylic acids is 1. The number of hydrogen-bond acceptors (Lipinski definition) is 4. The largest absolute Gasteiger partial charge is 0.454 e. The number of fused-ring (bicyclic) bond motifs is 1. The van der Waals surface area contributed by atoms with E-state index < -0.39 is 0 Å². The summed E-state index contributed by atoms with van der Waals surface area (Å²) >= 11 is 0. The number of carbonyl (C=O) groups is 1. The summed E-state index contributed by atoms with van der Waals surface area (Å²) in [5.74, 6) is 1.61. The zero-order chi connectivity index (χ0) is 14.5. The van der Waals surface area contributed by atoms with Crippen molar-refractivity contribution >= 4 is 5.91 Å². The van der Waals surface area contributed by atoms with Crippen LogP contribution in [0.4, 0.5) is 0 Å². The van der Waals surface area contributed by atoms with E-state index in [1.165, 1.54) is 25.7 Å². The first-order chi connectivity index (χ1) is 10.3. The Balaban J connectivity index is 1.37. The van der Waals surface area contributed by atoms with E-state index in [9.17, 15) is 4.79 Å². The number of rotatable bonds is 6. The molecule has 1 aliphatic heterocycles. The molecule has 5 nitrogen and oxygen atoms in total. The highest BCUT2D eigenvalue weighted by molar-refractivity contribution is 5.76. The number of nitrogens with one attached hydrogen (secondary N) is 2. The van der Waals surface area contributed by atoms with Gasteiger partial charge in [0.1, 0.15) is 0 Å². The van der Waals surface area contributed by atoms with Crippen LogP contribution in [0, 0.1) is 0 Å². The minimum atomic E-state index is 0.0816. The zero-order valence-corrected chi connectivity index (χ0v) is 12.2. The molecule has 1 heterocycles. The topological polar surface area (TPSA) is 59.6 Å². The second-order valence-corrected chi connectivity index (χ2v) is 5.65. The van der Waals surface area contributed by atoms with Gasteiger partial charge in [0, 0.05) is 25.6 Å². The van der Waals surface area contributed by atoms with Gasteiger partial charge in [0.2, 0.25) is 12.7 Å². The highest BCUT2D eigenvalue weighted by Crippen LogP contribution is 2.32. The first-order valence-corrected chi connectivity index (χ1v) is 7.70. The lowest BCUT2D eigenvalue weighted by Gasteiger charge is -2.11. The fraction of sp³-hybridized carbons (Fsp3) is 0.562. The average Bonchev–Trinajstić information content (AvgIpc) is 3.15. The van der Waals surface area contributed by atoms with Gasteiger partial charge in [0.15, 0.2) is 11.5 Å². The van der Waals surface area contributed by atoms with E-state index in [-0.39, 0.29) is 12.7 Å². The SMILES string of the molecule is O=C(CCNC1CCCC1)NCc1ccc2c(c1)OCO2. The minimum Gasteiger partial charge on any atom is -0.454 e. The van der Waals surface area contributed by atoms with Crippen LogP contribution in [0.25, 0.3) is 0 Å². The normalized spacial score (nSPS) is 17.1. The van der Waals surface area contributed by atoms with Gasteiger partial charge in [-0.2, -0.15) is 0 Å². The summed E-state index contributed by atoms with van der Waals surface area (Å²) in [4.78, 5) is 11.8. The van der Waals surface area contributed by atoms with Crippen molar-refractivity contribution in [2.45, 2.75) is 44.7 Å². The van der Waals surface area contributed by atoms with Gasteiger partial charge in [-0.25, -0.2) is 0 Å². The van der Waals surface area contributed by atoms with Gasteiger partial charge in [-0.15, -0.1) is 0 Å². The second-order valence-electron chi connectivity index (χ2n) is 5.65. The molecule has 0 unspecified atom stereocenters. The van der Waals surface area contributed by atoms with Gasteiger partial charge < -0.3 is 20.1 Å². The Morgan fingerprint density at radius 3 is 2.86 bits per heavy atom. The van der Waals surface area contributed by atoms with Gasteiger partial charge in [0.25, 0.3) is 0 Å². The number of amides is 1. The smallest absolute Gasteiger partial charge is 0.231 e. The molecule has 1 amide bonds. The third-order valence-electron chi connectivity index (χ3n) is 4.07. The van der Waals surface area contributed by atoms with Gasteiger partial charge in [-0.05, 0) is 30.5 Å². The van der Waals surface area contributed by atoms with Crippen molar-refractivity contribution in [3.05, 3.63) is 23.8 Å². The number of benzene rings is 1. The van der Waals surface area contributed by atoms with Crippen molar-refractivity contribution in [1.29, 1.82) is 0 Å². The van der Waals surface area contributed by atoms with Crippen molar-refractivity contribution in [1.82, 2.24) is 10.6 Å². The second kappa shape index (κ2) is 6.80. The van der Waals surface area contributed by atoms with Crippen LogP contribution in [0.1, 0.15) is 37.7 Å². The van der Waals surface area contributed by atoms with E-state index in [1.54, 1.807) is 0 Å². The highest BCUT2D eigenvalue weighted by Gasteiger charge is 2.15. The van der Waals surface area contributed by atoms with Crippen LogP contribution in [0.15, 0.2) is 18.2 Å². The average molecular weight is 290 g/mol. The zero-order valence-electron chi connectivity index (χ0n) is 12.2. The fourth-order valence-corrected chi connectivity index (χ4v) is 2.86. The maximum atomic E-state index is 11.8. The van der Waals surface area contributed by atoms with Crippen molar-refractivity contribution in [3.63, 3.8) is 0 Å². The summed E-state index contributed by atoms with van der Waals surface area (Å²) in [6.45, 7) is 1.56. The Morgan fingerprint density at radius 2 is 2.00 bits per heavy atom. The molecule has 1 saturated carbocycles. The van der Waals surface area contributed by atoms with Crippen molar-refractivity contribution in [2.75, 3.05) is 13.3 Å². The van der Waals surface area contributed by atoms with Crippen molar-refractivity contribution < 1.29 is 14.3 Å². The number of ether oxygens (including phenoxy) is 2. The Morgan fingerprint density at radius 1 is 1.19 bits per heavy atom. The molecule has 21 heavy (non-hydrogen) atoms. The van der Waals surface area contributed by atoms with Gasteiger partial charge in [0.05, 0.1) is 0 Å². The Labute approximate surface area is 125 Å². The molecule has 0 radical (unpaired) electrons. The first kappa shape index (κ1) is 14.2. The van der Waals surface area contributed by atoms with Crippen LogP contribution in [-0.2, 0) is 11.3 Å². The predicted octanol–water partition coefficient (Wildman–Crippen LogP) is 1.95. The van der Waals surface area contributed by atoms with Crippen molar-refractivity contribution in [2.24, 2.45) is 0 Å².